The molecular formula is C18H18N2OS2. The van der Waals surface area contributed by atoms with Gasteiger partial charge in [0.2, 0.25) is 0 Å². The Labute approximate surface area is 143 Å². The van der Waals surface area contributed by atoms with E-state index in [1.807, 2.05) is 35.2 Å². The number of rotatable bonds is 2. The fourth-order valence-electron chi connectivity index (χ4n) is 3.27. The summed E-state index contributed by atoms with van der Waals surface area (Å²) in [6.45, 7) is 4.28. The number of para-hydroxylation sites is 1. The first-order valence-electron chi connectivity index (χ1n) is 7.92. The maximum Gasteiger partial charge on any atom is 0.264 e. The lowest BCUT2D eigenvalue weighted by Crippen LogP contribution is -2.38. The lowest BCUT2D eigenvalue weighted by molar-refractivity contribution is 0.0698. The SMILES string of the molecule is C[C@@H]1CC[C@H](C)N1C(=O)c1ccc(-c2nc3ccccc3s2)s1. The van der Waals surface area contributed by atoms with E-state index in [1.165, 1.54) is 4.70 Å². The molecule has 5 heteroatoms. The Morgan fingerprint density at radius 1 is 1.09 bits per heavy atom. The molecule has 1 aromatic carbocycles. The lowest BCUT2D eigenvalue weighted by atomic mass is 10.2. The molecule has 0 unspecified atom stereocenters. The molecule has 1 fully saturated rings. The Balaban J connectivity index is 1.65. The Hall–Kier alpha value is -1.72. The van der Waals surface area contributed by atoms with Gasteiger partial charge in [0, 0.05) is 12.1 Å². The second-order valence-corrected chi connectivity index (χ2v) is 8.25. The van der Waals surface area contributed by atoms with Gasteiger partial charge in [0.15, 0.2) is 0 Å². The highest BCUT2D eigenvalue weighted by molar-refractivity contribution is 7.26. The van der Waals surface area contributed by atoms with Crippen LogP contribution < -0.4 is 0 Å². The standard InChI is InChI=1S/C18H18N2OS2/c1-11-7-8-12(2)20(11)18(21)16-10-9-15(22-16)17-19-13-5-3-4-6-14(13)23-17/h3-6,9-12H,7-8H2,1-2H3/t11-,12+. The number of fused-ring (bicyclic) bond motifs is 1. The summed E-state index contributed by atoms with van der Waals surface area (Å²) in [6.07, 6.45) is 2.20. The highest BCUT2D eigenvalue weighted by Crippen LogP contribution is 2.36. The number of hydrogen-bond acceptors (Lipinski definition) is 4. The molecule has 0 bridgehead atoms. The smallest absolute Gasteiger partial charge is 0.264 e. The second-order valence-electron chi connectivity index (χ2n) is 6.14. The van der Waals surface area contributed by atoms with E-state index < -0.39 is 0 Å². The van der Waals surface area contributed by atoms with Gasteiger partial charge in [-0.3, -0.25) is 4.79 Å². The van der Waals surface area contributed by atoms with Crippen LogP contribution in [-0.4, -0.2) is 27.9 Å². The molecule has 1 aliphatic rings. The Bertz CT molecular complexity index is 824. The van der Waals surface area contributed by atoms with Crippen LogP contribution in [-0.2, 0) is 0 Å². The van der Waals surface area contributed by atoms with Crippen molar-refractivity contribution in [3.63, 3.8) is 0 Å². The number of amides is 1. The van der Waals surface area contributed by atoms with Gasteiger partial charge in [0.05, 0.1) is 20.0 Å². The molecule has 4 rings (SSSR count). The van der Waals surface area contributed by atoms with Gasteiger partial charge in [-0.05, 0) is 51.0 Å². The van der Waals surface area contributed by atoms with E-state index in [9.17, 15) is 4.79 Å². The van der Waals surface area contributed by atoms with E-state index in [0.29, 0.717) is 12.1 Å². The summed E-state index contributed by atoms with van der Waals surface area (Å²) in [6, 6.07) is 12.8. The average Bonchev–Trinajstić information content (AvgIpc) is 3.24. The van der Waals surface area contributed by atoms with Crippen LogP contribution in [0.3, 0.4) is 0 Å². The van der Waals surface area contributed by atoms with Crippen molar-refractivity contribution >= 4 is 38.8 Å². The van der Waals surface area contributed by atoms with Crippen molar-refractivity contribution in [2.45, 2.75) is 38.8 Å². The molecule has 2 aromatic heterocycles. The minimum Gasteiger partial charge on any atom is -0.333 e. The van der Waals surface area contributed by atoms with Crippen molar-refractivity contribution in [1.82, 2.24) is 9.88 Å². The number of benzene rings is 1. The first kappa shape index (κ1) is 14.8. The molecule has 0 N–H and O–H groups in total. The first-order chi connectivity index (χ1) is 11.1. The number of hydrogen-bond donors (Lipinski definition) is 0. The molecule has 118 valence electrons. The number of aromatic nitrogens is 1. The van der Waals surface area contributed by atoms with Gasteiger partial charge >= 0.3 is 0 Å². The highest BCUT2D eigenvalue weighted by atomic mass is 32.1. The maximum absolute atomic E-state index is 12.8. The van der Waals surface area contributed by atoms with Crippen LogP contribution >= 0.6 is 22.7 Å². The zero-order valence-corrected chi connectivity index (χ0v) is 14.8. The maximum atomic E-state index is 12.8. The normalized spacial score (nSPS) is 21.2. The molecule has 2 atom stereocenters. The fraction of sp³-hybridized carbons (Fsp3) is 0.333. The molecule has 3 heterocycles. The number of carbonyl (C=O) groups excluding carboxylic acids is 1. The summed E-state index contributed by atoms with van der Waals surface area (Å²) in [5, 5.41) is 0.998. The van der Waals surface area contributed by atoms with Crippen LogP contribution in [0.15, 0.2) is 36.4 Å². The first-order valence-corrected chi connectivity index (χ1v) is 9.55. The summed E-state index contributed by atoms with van der Waals surface area (Å²) in [4.78, 5) is 21.4. The number of thiazole rings is 1. The van der Waals surface area contributed by atoms with Crippen LogP contribution in [0, 0.1) is 0 Å². The molecule has 1 amide bonds. The van der Waals surface area contributed by atoms with Gasteiger partial charge in [0.25, 0.3) is 5.91 Å². The van der Waals surface area contributed by atoms with Gasteiger partial charge in [-0.2, -0.15) is 0 Å². The van der Waals surface area contributed by atoms with E-state index in [0.717, 1.165) is 33.1 Å². The predicted octanol–water partition coefficient (Wildman–Crippen LogP) is 5.04. The van der Waals surface area contributed by atoms with Gasteiger partial charge in [-0.25, -0.2) is 4.98 Å². The highest BCUT2D eigenvalue weighted by Gasteiger charge is 2.32. The Morgan fingerprint density at radius 2 is 1.83 bits per heavy atom. The summed E-state index contributed by atoms with van der Waals surface area (Å²) in [5.74, 6) is 0.167. The number of thiophene rings is 1. The molecule has 1 saturated heterocycles. The number of carbonyl (C=O) groups is 1. The minimum atomic E-state index is 0.167. The summed E-state index contributed by atoms with van der Waals surface area (Å²) >= 11 is 3.24. The van der Waals surface area contributed by atoms with Crippen molar-refractivity contribution in [2.24, 2.45) is 0 Å². The van der Waals surface area contributed by atoms with E-state index in [1.54, 1.807) is 22.7 Å². The van der Waals surface area contributed by atoms with Crippen molar-refractivity contribution in [2.75, 3.05) is 0 Å². The third-order valence-electron chi connectivity index (χ3n) is 4.51. The number of nitrogens with zero attached hydrogens (tertiary/aromatic N) is 2. The van der Waals surface area contributed by atoms with Gasteiger partial charge in [-0.15, -0.1) is 22.7 Å². The zero-order chi connectivity index (χ0) is 16.0. The van der Waals surface area contributed by atoms with Crippen molar-refractivity contribution in [3.8, 4) is 9.88 Å². The molecular weight excluding hydrogens is 324 g/mol. The third-order valence-corrected chi connectivity index (χ3v) is 6.79. The number of likely N-dealkylation sites (tertiary alicyclic amines) is 1. The molecule has 23 heavy (non-hydrogen) atoms. The second kappa shape index (κ2) is 5.73. The van der Waals surface area contributed by atoms with E-state index in [4.69, 9.17) is 0 Å². The van der Waals surface area contributed by atoms with Gasteiger partial charge in [0.1, 0.15) is 5.01 Å². The monoisotopic (exact) mass is 342 g/mol. The van der Waals surface area contributed by atoms with Crippen molar-refractivity contribution < 1.29 is 4.79 Å². The van der Waals surface area contributed by atoms with Crippen LogP contribution in [0.5, 0.6) is 0 Å². The Morgan fingerprint density at radius 3 is 2.57 bits per heavy atom. The quantitative estimate of drug-likeness (QED) is 0.654. The fourth-order valence-corrected chi connectivity index (χ4v) is 5.24. The summed E-state index contributed by atoms with van der Waals surface area (Å²) in [7, 11) is 0. The minimum absolute atomic E-state index is 0.167. The van der Waals surface area contributed by atoms with Gasteiger partial charge in [-0.1, -0.05) is 12.1 Å². The molecule has 1 aliphatic heterocycles. The summed E-state index contributed by atoms with van der Waals surface area (Å²) < 4.78 is 1.19. The van der Waals surface area contributed by atoms with Crippen LogP contribution in [0.2, 0.25) is 0 Å². The topological polar surface area (TPSA) is 33.2 Å². The van der Waals surface area contributed by atoms with Crippen LogP contribution in [0.4, 0.5) is 0 Å². The lowest BCUT2D eigenvalue weighted by Gasteiger charge is -2.25. The zero-order valence-electron chi connectivity index (χ0n) is 13.2. The van der Waals surface area contributed by atoms with Crippen molar-refractivity contribution in [3.05, 3.63) is 41.3 Å². The van der Waals surface area contributed by atoms with Gasteiger partial charge < -0.3 is 4.90 Å². The molecule has 3 aromatic rings. The van der Waals surface area contributed by atoms with E-state index in [2.05, 4.69) is 24.9 Å². The molecule has 3 nitrogen and oxygen atoms in total. The van der Waals surface area contributed by atoms with E-state index in [-0.39, 0.29) is 5.91 Å². The molecule has 0 aliphatic carbocycles. The van der Waals surface area contributed by atoms with Crippen molar-refractivity contribution in [1.29, 1.82) is 0 Å². The Kier molecular flexibility index (Phi) is 3.70. The third kappa shape index (κ3) is 2.58. The van der Waals surface area contributed by atoms with Crippen LogP contribution in [0.1, 0.15) is 36.4 Å². The molecule has 0 spiro atoms. The average molecular weight is 342 g/mol. The molecule has 0 saturated carbocycles. The van der Waals surface area contributed by atoms with Crippen LogP contribution in [0.25, 0.3) is 20.1 Å². The predicted molar refractivity (Wildman–Crippen MR) is 97.3 cm³/mol. The molecule has 0 radical (unpaired) electrons. The summed E-state index contributed by atoms with van der Waals surface area (Å²) in [5.41, 5.74) is 1.02. The van der Waals surface area contributed by atoms with E-state index >= 15 is 0 Å². The largest absolute Gasteiger partial charge is 0.333 e.